The minimum Gasteiger partial charge on any atom is -0.399 e. The molecule has 1 aromatic heterocycles. The quantitative estimate of drug-likeness (QED) is 0.829. The molecule has 1 aliphatic rings. The van der Waals surface area contributed by atoms with E-state index in [1.165, 1.54) is 12.8 Å². The molecule has 1 heterocycles. The number of H-pyrrole nitrogens is 1. The molecule has 0 atom stereocenters. The van der Waals surface area contributed by atoms with Crippen LogP contribution in [0.1, 0.15) is 31.5 Å². The fourth-order valence-corrected chi connectivity index (χ4v) is 4.79. The molecule has 2 aromatic rings. The van der Waals surface area contributed by atoms with Crippen molar-refractivity contribution in [1.82, 2.24) is 9.97 Å². The topological polar surface area (TPSA) is 88.8 Å². The van der Waals surface area contributed by atoms with E-state index in [2.05, 4.69) is 9.97 Å². The number of aromatic amines is 1. The monoisotopic (exact) mass is 307 g/mol. The van der Waals surface area contributed by atoms with Crippen molar-refractivity contribution < 1.29 is 8.42 Å². The number of benzene rings is 1. The summed E-state index contributed by atoms with van der Waals surface area (Å²) >= 11 is 0. The molecule has 0 aliphatic heterocycles. The Morgan fingerprint density at radius 1 is 1.29 bits per heavy atom. The van der Waals surface area contributed by atoms with Crippen LogP contribution in [0.5, 0.6) is 0 Å². The molecule has 1 aliphatic carbocycles. The summed E-state index contributed by atoms with van der Waals surface area (Å²) in [7, 11) is -2.99. The van der Waals surface area contributed by atoms with E-state index in [-0.39, 0.29) is 5.75 Å². The minimum atomic E-state index is -2.99. The number of anilines is 1. The number of aryl methyl sites for hydroxylation is 1. The lowest BCUT2D eigenvalue weighted by Crippen LogP contribution is -2.18. The van der Waals surface area contributed by atoms with E-state index in [1.807, 2.05) is 12.1 Å². The van der Waals surface area contributed by atoms with Gasteiger partial charge in [0, 0.05) is 12.1 Å². The highest BCUT2D eigenvalue weighted by atomic mass is 32.2. The first-order chi connectivity index (χ1) is 10.0. The highest BCUT2D eigenvalue weighted by Gasteiger charge is 2.22. The smallest absolute Gasteiger partial charge is 0.151 e. The van der Waals surface area contributed by atoms with Crippen molar-refractivity contribution in [3.05, 3.63) is 24.0 Å². The molecule has 3 rings (SSSR count). The molecule has 0 bridgehead atoms. The molecule has 1 fully saturated rings. The summed E-state index contributed by atoms with van der Waals surface area (Å²) in [6, 6.07) is 5.46. The number of nitrogen functional groups attached to an aromatic ring is 1. The lowest BCUT2D eigenvalue weighted by molar-refractivity contribution is 0.558. The van der Waals surface area contributed by atoms with Crippen LogP contribution < -0.4 is 5.73 Å². The lowest BCUT2D eigenvalue weighted by Gasteiger charge is -2.09. The molecule has 1 saturated carbocycles. The van der Waals surface area contributed by atoms with Gasteiger partial charge in [0.15, 0.2) is 9.84 Å². The Hall–Kier alpha value is -1.56. The van der Waals surface area contributed by atoms with Crippen molar-refractivity contribution in [2.75, 3.05) is 17.2 Å². The SMILES string of the molecule is Nc1ccc2nc(CCS(=O)(=O)CC3CCCC3)[nH]c2c1. The first-order valence-corrected chi connectivity index (χ1v) is 9.28. The Balaban J connectivity index is 1.65. The number of fused-ring (bicyclic) bond motifs is 1. The second-order valence-electron chi connectivity index (χ2n) is 5.97. The zero-order valence-electron chi connectivity index (χ0n) is 12.0. The van der Waals surface area contributed by atoms with Gasteiger partial charge in [0.1, 0.15) is 5.82 Å². The summed E-state index contributed by atoms with van der Waals surface area (Å²) < 4.78 is 24.3. The third kappa shape index (κ3) is 3.56. The third-order valence-corrected chi connectivity index (χ3v) is 5.97. The molecule has 6 heteroatoms. The fraction of sp³-hybridized carbons (Fsp3) is 0.533. The summed E-state index contributed by atoms with van der Waals surface area (Å²) in [6.45, 7) is 0. The molecule has 3 N–H and O–H groups in total. The second kappa shape index (κ2) is 5.67. The number of aromatic nitrogens is 2. The van der Waals surface area contributed by atoms with E-state index in [4.69, 9.17) is 5.73 Å². The van der Waals surface area contributed by atoms with Gasteiger partial charge in [0.25, 0.3) is 0 Å². The Kier molecular flexibility index (Phi) is 3.89. The zero-order valence-corrected chi connectivity index (χ0v) is 12.8. The van der Waals surface area contributed by atoms with Crippen LogP contribution in [0.4, 0.5) is 5.69 Å². The van der Waals surface area contributed by atoms with Crippen molar-refractivity contribution >= 4 is 26.6 Å². The van der Waals surface area contributed by atoms with Gasteiger partial charge in [0.2, 0.25) is 0 Å². The van der Waals surface area contributed by atoms with Gasteiger partial charge in [-0.15, -0.1) is 0 Å². The predicted molar refractivity (Wildman–Crippen MR) is 84.8 cm³/mol. The van der Waals surface area contributed by atoms with Gasteiger partial charge in [-0.05, 0) is 37.0 Å². The number of hydrogen-bond donors (Lipinski definition) is 2. The molecule has 114 valence electrons. The highest BCUT2D eigenvalue weighted by molar-refractivity contribution is 7.91. The van der Waals surface area contributed by atoms with Crippen LogP contribution in [-0.4, -0.2) is 29.9 Å². The first-order valence-electron chi connectivity index (χ1n) is 7.46. The van der Waals surface area contributed by atoms with Crippen molar-refractivity contribution in [2.24, 2.45) is 5.92 Å². The number of nitrogens with zero attached hydrogens (tertiary/aromatic N) is 1. The summed E-state index contributed by atoms with van der Waals surface area (Å²) in [4.78, 5) is 7.56. The van der Waals surface area contributed by atoms with Crippen LogP contribution >= 0.6 is 0 Å². The molecular weight excluding hydrogens is 286 g/mol. The molecule has 0 unspecified atom stereocenters. The van der Waals surface area contributed by atoms with Gasteiger partial charge in [-0.1, -0.05) is 12.8 Å². The van der Waals surface area contributed by atoms with Crippen LogP contribution in [0.3, 0.4) is 0 Å². The van der Waals surface area contributed by atoms with Gasteiger partial charge >= 0.3 is 0 Å². The number of rotatable bonds is 5. The van der Waals surface area contributed by atoms with Crippen LogP contribution in [0.25, 0.3) is 11.0 Å². The van der Waals surface area contributed by atoms with E-state index < -0.39 is 9.84 Å². The minimum absolute atomic E-state index is 0.165. The summed E-state index contributed by atoms with van der Waals surface area (Å²) in [5.74, 6) is 1.58. The van der Waals surface area contributed by atoms with Crippen molar-refractivity contribution in [3.8, 4) is 0 Å². The first kappa shape index (κ1) is 14.4. The van der Waals surface area contributed by atoms with Gasteiger partial charge in [-0.25, -0.2) is 13.4 Å². The van der Waals surface area contributed by atoms with Crippen LogP contribution in [0.2, 0.25) is 0 Å². The lowest BCUT2D eigenvalue weighted by atomic mass is 10.1. The molecule has 5 nitrogen and oxygen atoms in total. The Morgan fingerprint density at radius 2 is 2.05 bits per heavy atom. The predicted octanol–water partition coefficient (Wildman–Crippen LogP) is 2.29. The molecule has 21 heavy (non-hydrogen) atoms. The standard InChI is InChI=1S/C15H21N3O2S/c16-12-5-6-13-14(9-12)18-15(17-13)7-8-21(19,20)10-11-3-1-2-4-11/h5-6,9,11H,1-4,7-8,10,16H2,(H,17,18). The maximum atomic E-state index is 12.2. The van der Waals surface area contributed by atoms with Gasteiger partial charge in [-0.3, -0.25) is 0 Å². The average Bonchev–Trinajstić information content (AvgIpc) is 3.04. The number of imidazole rings is 1. The van der Waals surface area contributed by atoms with Crippen LogP contribution in [0.15, 0.2) is 18.2 Å². The summed E-state index contributed by atoms with van der Waals surface area (Å²) in [5, 5.41) is 0. The fourth-order valence-electron chi connectivity index (χ4n) is 3.07. The molecular formula is C15H21N3O2S. The van der Waals surface area contributed by atoms with Crippen LogP contribution in [-0.2, 0) is 16.3 Å². The van der Waals surface area contributed by atoms with Crippen molar-refractivity contribution in [3.63, 3.8) is 0 Å². The summed E-state index contributed by atoms with van der Waals surface area (Å²) in [6.07, 6.45) is 4.90. The molecule has 1 aromatic carbocycles. The third-order valence-electron chi connectivity index (χ3n) is 4.17. The van der Waals surface area contributed by atoms with E-state index in [9.17, 15) is 8.42 Å². The number of hydrogen-bond acceptors (Lipinski definition) is 4. The van der Waals surface area contributed by atoms with Gasteiger partial charge in [0.05, 0.1) is 22.5 Å². The van der Waals surface area contributed by atoms with E-state index >= 15 is 0 Å². The molecule has 0 spiro atoms. The van der Waals surface area contributed by atoms with Crippen molar-refractivity contribution in [1.29, 1.82) is 0 Å². The number of sulfone groups is 1. The van der Waals surface area contributed by atoms with E-state index in [0.29, 0.717) is 29.6 Å². The maximum Gasteiger partial charge on any atom is 0.151 e. The number of nitrogens with two attached hydrogens (primary N) is 1. The normalized spacial score (nSPS) is 16.8. The van der Waals surface area contributed by atoms with Crippen LogP contribution in [0, 0.1) is 5.92 Å². The molecule has 0 saturated heterocycles. The van der Waals surface area contributed by atoms with E-state index in [1.54, 1.807) is 6.07 Å². The molecule has 0 radical (unpaired) electrons. The Labute approximate surface area is 124 Å². The summed E-state index contributed by atoms with van der Waals surface area (Å²) in [5.41, 5.74) is 8.08. The maximum absolute atomic E-state index is 12.2. The second-order valence-corrected chi connectivity index (χ2v) is 8.20. The van der Waals surface area contributed by atoms with Gasteiger partial charge < -0.3 is 10.7 Å². The Bertz CT molecular complexity index is 730. The average molecular weight is 307 g/mol. The van der Waals surface area contributed by atoms with Gasteiger partial charge in [-0.2, -0.15) is 0 Å². The highest BCUT2D eigenvalue weighted by Crippen LogP contribution is 2.26. The van der Waals surface area contributed by atoms with E-state index in [0.717, 1.165) is 23.9 Å². The van der Waals surface area contributed by atoms with Crippen molar-refractivity contribution in [2.45, 2.75) is 32.1 Å². The number of nitrogens with one attached hydrogen (secondary N) is 1. The largest absolute Gasteiger partial charge is 0.399 e. The zero-order chi connectivity index (χ0) is 14.9. The molecule has 0 amide bonds. The Morgan fingerprint density at radius 3 is 2.81 bits per heavy atom.